The summed E-state index contributed by atoms with van der Waals surface area (Å²) in [5.74, 6) is -0.215. The van der Waals surface area contributed by atoms with Crippen molar-refractivity contribution < 1.29 is 17.4 Å². The van der Waals surface area contributed by atoms with Gasteiger partial charge in [-0.3, -0.25) is 4.79 Å². The molecule has 3 aliphatic rings. The Morgan fingerprint density at radius 3 is 2.32 bits per heavy atom. The van der Waals surface area contributed by atoms with Crippen molar-refractivity contribution in [3.63, 3.8) is 0 Å². The van der Waals surface area contributed by atoms with Crippen molar-refractivity contribution in [2.75, 3.05) is 18.5 Å². The molecule has 2 saturated carbocycles. The maximum Gasteiger partial charge on any atom is 0.258 e. The van der Waals surface area contributed by atoms with E-state index in [1.807, 2.05) is 12.1 Å². The predicted molar refractivity (Wildman–Crippen MR) is 147 cm³/mol. The molecule has 1 atom stereocenters. The van der Waals surface area contributed by atoms with E-state index < -0.39 is 25.3 Å². The molecule has 0 bridgehead atoms. The van der Waals surface area contributed by atoms with Crippen LogP contribution in [0.3, 0.4) is 0 Å². The number of benzene rings is 2. The van der Waals surface area contributed by atoms with Gasteiger partial charge in [0.1, 0.15) is 0 Å². The minimum absolute atomic E-state index is 0.0733. The van der Waals surface area contributed by atoms with E-state index in [0.717, 1.165) is 54.7 Å². The monoisotopic (exact) mass is 543 g/mol. The molecule has 0 radical (unpaired) electrons. The average Bonchev–Trinajstić information content (AvgIpc) is 3.67. The van der Waals surface area contributed by atoms with Gasteiger partial charge in [-0.05, 0) is 88.4 Å². The van der Waals surface area contributed by atoms with Gasteiger partial charge in [-0.25, -0.2) is 21.7 Å². The third kappa shape index (κ3) is 4.86. The lowest BCUT2D eigenvalue weighted by atomic mass is 9.71. The Morgan fingerprint density at radius 2 is 1.70 bits per heavy atom. The largest absolute Gasteiger partial charge is 0.307 e. The van der Waals surface area contributed by atoms with E-state index in [0.29, 0.717) is 12.1 Å². The summed E-state index contributed by atoms with van der Waals surface area (Å²) < 4.78 is 46.6. The molecule has 7 nitrogen and oxygen atoms in total. The predicted octanol–water partition coefficient (Wildman–Crippen LogP) is 5.24. The summed E-state index contributed by atoms with van der Waals surface area (Å²) in [6.07, 6.45) is 7.19. The molecule has 1 heterocycles. The smallest absolute Gasteiger partial charge is 0.258 e. The minimum atomic E-state index is -3.78. The fraction of sp³-hybridized carbons (Fsp3) is 0.536. The lowest BCUT2D eigenvalue weighted by molar-refractivity contribution is 0.0982. The molecule has 37 heavy (non-hydrogen) atoms. The van der Waals surface area contributed by atoms with E-state index in [9.17, 15) is 17.4 Å². The Kier molecular flexibility index (Phi) is 6.56. The fourth-order valence-corrected chi connectivity index (χ4v) is 9.60. The third-order valence-corrected chi connectivity index (χ3v) is 12.4. The molecule has 0 aromatic heterocycles. The van der Waals surface area contributed by atoms with Gasteiger partial charge in [-0.1, -0.05) is 25.3 Å². The Morgan fingerprint density at radius 1 is 1.00 bits per heavy atom. The molecule has 1 unspecified atom stereocenters. The number of fused-ring (bicyclic) bond motifs is 2. The number of carbonyl (C=O) groups is 1. The second-order valence-corrected chi connectivity index (χ2v) is 16.1. The topological polar surface area (TPSA) is 95.9 Å². The second-order valence-electron chi connectivity index (χ2n) is 11.7. The van der Waals surface area contributed by atoms with Crippen LogP contribution in [0.25, 0.3) is 0 Å². The van der Waals surface area contributed by atoms with Crippen LogP contribution in [0.4, 0.5) is 5.69 Å². The van der Waals surface area contributed by atoms with Crippen molar-refractivity contribution in [2.24, 2.45) is 4.36 Å². The first-order valence-electron chi connectivity index (χ1n) is 13.1. The Balaban J connectivity index is 1.54. The first-order valence-corrected chi connectivity index (χ1v) is 16.2. The Bertz CT molecular complexity index is 1460. The SMILES string of the molecule is CN=S(=O)(c1ccc2c(c1)C1(CCCCC1)CN2C(=O)c1cccc(S(=O)(=O)NC(C)(C)C)c1)C1CC1. The maximum atomic E-state index is 13.9. The molecule has 2 fully saturated rings. The van der Waals surface area contributed by atoms with Gasteiger partial charge in [-0.2, -0.15) is 0 Å². The van der Waals surface area contributed by atoms with Gasteiger partial charge in [0, 0.05) is 45.9 Å². The zero-order valence-corrected chi connectivity index (χ0v) is 23.8. The quantitative estimate of drug-likeness (QED) is 0.558. The second kappa shape index (κ2) is 9.20. The number of amides is 1. The number of nitrogens with one attached hydrogen (secondary N) is 1. The highest BCUT2D eigenvalue weighted by Gasteiger charge is 2.46. The van der Waals surface area contributed by atoms with Crippen LogP contribution in [-0.2, 0) is 25.2 Å². The van der Waals surface area contributed by atoms with Gasteiger partial charge in [0.2, 0.25) is 10.0 Å². The zero-order valence-electron chi connectivity index (χ0n) is 22.1. The average molecular weight is 544 g/mol. The summed E-state index contributed by atoms with van der Waals surface area (Å²) in [5, 5.41) is 0.114. The lowest BCUT2D eigenvalue weighted by Crippen LogP contribution is -2.40. The normalized spacial score (nSPS) is 20.9. The summed E-state index contributed by atoms with van der Waals surface area (Å²) in [4.78, 5) is 16.5. The van der Waals surface area contributed by atoms with Crippen LogP contribution in [0.15, 0.2) is 56.6 Å². The van der Waals surface area contributed by atoms with Crippen LogP contribution in [0, 0.1) is 0 Å². The molecule has 2 aromatic rings. The highest BCUT2D eigenvalue weighted by molar-refractivity contribution is 7.94. The molecule has 9 heteroatoms. The number of nitrogens with zero attached hydrogens (tertiary/aromatic N) is 2. The molecule has 2 aromatic carbocycles. The molecule has 1 amide bonds. The molecule has 5 rings (SSSR count). The number of sulfonamides is 1. The molecular weight excluding hydrogens is 506 g/mol. The van der Waals surface area contributed by atoms with Crippen molar-refractivity contribution in [1.29, 1.82) is 0 Å². The van der Waals surface area contributed by atoms with Crippen LogP contribution < -0.4 is 9.62 Å². The van der Waals surface area contributed by atoms with Gasteiger partial charge in [0.05, 0.1) is 14.6 Å². The molecule has 200 valence electrons. The van der Waals surface area contributed by atoms with Crippen molar-refractivity contribution in [3.8, 4) is 0 Å². The molecular formula is C28H37N3O4S2. The van der Waals surface area contributed by atoms with Crippen molar-refractivity contribution in [1.82, 2.24) is 4.72 Å². The van der Waals surface area contributed by atoms with E-state index in [1.54, 1.807) is 44.9 Å². The van der Waals surface area contributed by atoms with Crippen LogP contribution >= 0.6 is 0 Å². The highest BCUT2D eigenvalue weighted by atomic mass is 32.2. The fourth-order valence-electron chi connectivity index (χ4n) is 5.92. The summed E-state index contributed by atoms with van der Waals surface area (Å²) in [7, 11) is -4.59. The molecule has 0 saturated heterocycles. The number of anilines is 1. The van der Waals surface area contributed by atoms with E-state index in [-0.39, 0.29) is 21.5 Å². The van der Waals surface area contributed by atoms with Crippen molar-refractivity contribution in [3.05, 3.63) is 53.6 Å². The number of carbonyl (C=O) groups excluding carboxylic acids is 1. The van der Waals surface area contributed by atoms with E-state index in [2.05, 4.69) is 15.2 Å². The lowest BCUT2D eigenvalue weighted by Gasteiger charge is -2.34. The number of rotatable bonds is 5. The molecule has 1 aliphatic heterocycles. The number of hydrogen-bond donors (Lipinski definition) is 1. The van der Waals surface area contributed by atoms with Gasteiger partial charge >= 0.3 is 0 Å². The Hall–Kier alpha value is -2.23. The van der Waals surface area contributed by atoms with Crippen molar-refractivity contribution >= 4 is 31.3 Å². The number of hydrogen-bond acceptors (Lipinski definition) is 5. The van der Waals surface area contributed by atoms with E-state index >= 15 is 0 Å². The minimum Gasteiger partial charge on any atom is -0.307 e. The van der Waals surface area contributed by atoms with Gasteiger partial charge in [-0.15, -0.1) is 0 Å². The summed E-state index contributed by atoms with van der Waals surface area (Å²) in [6.45, 7) is 5.90. The van der Waals surface area contributed by atoms with E-state index in [4.69, 9.17) is 0 Å². The van der Waals surface area contributed by atoms with Gasteiger partial charge in [0.15, 0.2) is 0 Å². The Labute approximate surface area is 221 Å². The summed E-state index contributed by atoms with van der Waals surface area (Å²) in [6, 6.07) is 12.1. The van der Waals surface area contributed by atoms with Crippen LogP contribution in [0.2, 0.25) is 0 Å². The molecule has 2 aliphatic carbocycles. The summed E-state index contributed by atoms with van der Waals surface area (Å²) >= 11 is 0. The third-order valence-electron chi connectivity index (χ3n) is 7.76. The van der Waals surface area contributed by atoms with Gasteiger partial charge < -0.3 is 4.90 Å². The van der Waals surface area contributed by atoms with E-state index in [1.165, 1.54) is 18.6 Å². The van der Waals surface area contributed by atoms with Crippen LogP contribution in [-0.4, -0.2) is 42.9 Å². The summed E-state index contributed by atoms with van der Waals surface area (Å²) in [5.41, 5.74) is 1.46. The maximum absolute atomic E-state index is 13.9. The van der Waals surface area contributed by atoms with Crippen LogP contribution in [0.5, 0.6) is 0 Å². The first kappa shape index (κ1) is 26.4. The zero-order chi connectivity index (χ0) is 26.6. The van der Waals surface area contributed by atoms with Crippen LogP contribution in [0.1, 0.15) is 81.6 Å². The molecule has 1 N–H and O–H groups in total. The van der Waals surface area contributed by atoms with Crippen molar-refractivity contribution in [2.45, 2.75) is 91.7 Å². The highest BCUT2D eigenvalue weighted by Crippen LogP contribution is 2.51. The molecule has 1 spiro atoms. The first-order chi connectivity index (χ1) is 17.4. The van der Waals surface area contributed by atoms with Gasteiger partial charge in [0.25, 0.3) is 5.91 Å². The standard InChI is InChI=1S/C28H37N3O4S2/c1-27(2,3)30-37(34,35)23-10-8-9-20(17-23)26(32)31-19-28(15-6-5-7-16-28)24-18-22(13-14-25(24)31)36(33,29-4)21-11-12-21/h8-10,13-14,17-18,21,30H,5-7,11-12,15-16,19H2,1-4H3.